The standard InChI is InChI=1S/C37H32F10O/c1-2-3-4-5-21-6-8-22(9-7-21)23-10-15-28(29(38)16-23)24-17-30(39)34(31(40)18-24)25-19-32(41)35(33(42)20-25)37(46,47)48-27-13-11-26(12-14-27)36(43,44)45/h10-22H,2-9H2,1H3. The summed E-state index contributed by atoms with van der Waals surface area (Å²) in [5, 5.41) is 0. The predicted molar refractivity (Wildman–Crippen MR) is 162 cm³/mol. The molecule has 0 atom stereocenters. The van der Waals surface area contributed by atoms with Crippen molar-refractivity contribution in [1.82, 2.24) is 0 Å². The number of halogens is 10. The molecule has 4 aromatic carbocycles. The van der Waals surface area contributed by atoms with Gasteiger partial charge in [0.1, 0.15) is 40.4 Å². The molecule has 0 bridgehead atoms. The van der Waals surface area contributed by atoms with Gasteiger partial charge in [0, 0.05) is 5.56 Å². The van der Waals surface area contributed by atoms with E-state index in [1.807, 2.05) is 0 Å². The van der Waals surface area contributed by atoms with E-state index in [0.29, 0.717) is 30.2 Å². The van der Waals surface area contributed by atoms with Gasteiger partial charge in [-0.1, -0.05) is 44.7 Å². The van der Waals surface area contributed by atoms with Gasteiger partial charge in [0.05, 0.1) is 11.1 Å². The van der Waals surface area contributed by atoms with Crippen molar-refractivity contribution in [2.24, 2.45) is 5.92 Å². The highest BCUT2D eigenvalue weighted by atomic mass is 19.4. The highest BCUT2D eigenvalue weighted by Gasteiger charge is 2.42. The molecule has 1 saturated carbocycles. The molecule has 256 valence electrons. The first-order valence-corrected chi connectivity index (χ1v) is 15.7. The summed E-state index contributed by atoms with van der Waals surface area (Å²) in [6, 6.07) is 8.60. The molecule has 0 spiro atoms. The zero-order chi connectivity index (χ0) is 34.8. The van der Waals surface area contributed by atoms with Crippen LogP contribution in [0.3, 0.4) is 0 Å². The van der Waals surface area contributed by atoms with Crippen molar-refractivity contribution in [1.29, 1.82) is 0 Å². The zero-order valence-electron chi connectivity index (χ0n) is 25.9. The summed E-state index contributed by atoms with van der Waals surface area (Å²) in [5.74, 6) is -7.19. The van der Waals surface area contributed by atoms with Gasteiger partial charge in [0.25, 0.3) is 0 Å². The fraction of sp³-hybridized carbons (Fsp3) is 0.351. The molecule has 0 unspecified atom stereocenters. The second-order valence-corrected chi connectivity index (χ2v) is 12.2. The quantitative estimate of drug-likeness (QED) is 0.120. The van der Waals surface area contributed by atoms with E-state index in [9.17, 15) is 30.7 Å². The Morgan fingerprint density at radius 1 is 0.646 bits per heavy atom. The van der Waals surface area contributed by atoms with Crippen LogP contribution < -0.4 is 4.74 Å². The van der Waals surface area contributed by atoms with Gasteiger partial charge in [-0.15, -0.1) is 0 Å². The molecule has 11 heteroatoms. The molecular formula is C37H32F10O. The number of hydrogen-bond donors (Lipinski definition) is 0. The first kappa shape index (κ1) is 35.3. The van der Waals surface area contributed by atoms with Gasteiger partial charge in [-0.25, -0.2) is 22.0 Å². The van der Waals surface area contributed by atoms with Crippen molar-refractivity contribution in [2.45, 2.75) is 76.5 Å². The molecule has 4 aromatic rings. The Morgan fingerprint density at radius 2 is 1.23 bits per heavy atom. The molecule has 0 radical (unpaired) electrons. The number of alkyl halides is 5. The smallest absolute Gasteiger partial charge is 0.429 e. The van der Waals surface area contributed by atoms with Crippen LogP contribution in [0, 0.1) is 35.0 Å². The van der Waals surface area contributed by atoms with Crippen LogP contribution in [0.2, 0.25) is 0 Å². The summed E-state index contributed by atoms with van der Waals surface area (Å²) in [7, 11) is 0. The Balaban J connectivity index is 1.34. The minimum absolute atomic E-state index is 0.0934. The van der Waals surface area contributed by atoms with Gasteiger partial charge in [0.15, 0.2) is 0 Å². The van der Waals surface area contributed by atoms with Gasteiger partial charge < -0.3 is 4.74 Å². The Bertz CT molecular complexity index is 1690. The Hall–Kier alpha value is -4.02. The van der Waals surface area contributed by atoms with E-state index in [1.165, 1.54) is 37.8 Å². The monoisotopic (exact) mass is 682 g/mol. The number of benzene rings is 4. The summed E-state index contributed by atoms with van der Waals surface area (Å²) in [4.78, 5) is 0. The topological polar surface area (TPSA) is 9.23 Å². The molecule has 1 nitrogen and oxygen atoms in total. The molecule has 0 aromatic heterocycles. The molecule has 1 aliphatic carbocycles. The number of unbranched alkanes of at least 4 members (excludes halogenated alkanes) is 2. The molecule has 1 fully saturated rings. The maximum Gasteiger partial charge on any atom is 0.432 e. The summed E-state index contributed by atoms with van der Waals surface area (Å²) < 4.78 is 148. The van der Waals surface area contributed by atoms with Crippen LogP contribution in [0.4, 0.5) is 43.9 Å². The molecule has 0 amide bonds. The third kappa shape index (κ3) is 7.81. The number of hydrogen-bond acceptors (Lipinski definition) is 1. The van der Waals surface area contributed by atoms with Gasteiger partial charge in [-0.3, -0.25) is 0 Å². The van der Waals surface area contributed by atoms with Gasteiger partial charge in [-0.05, 0) is 109 Å². The van der Waals surface area contributed by atoms with Crippen molar-refractivity contribution in [3.63, 3.8) is 0 Å². The second-order valence-electron chi connectivity index (χ2n) is 12.2. The van der Waals surface area contributed by atoms with E-state index >= 15 is 13.2 Å². The molecular weight excluding hydrogens is 650 g/mol. The number of ether oxygens (including phenoxy) is 1. The zero-order valence-corrected chi connectivity index (χ0v) is 25.9. The van der Waals surface area contributed by atoms with Crippen LogP contribution in [-0.4, -0.2) is 0 Å². The Labute approximate surface area is 271 Å². The molecule has 5 rings (SSSR count). The van der Waals surface area contributed by atoms with E-state index in [-0.39, 0.29) is 29.2 Å². The molecule has 0 N–H and O–H groups in total. The van der Waals surface area contributed by atoms with Gasteiger partial charge in [0.2, 0.25) is 0 Å². The maximum atomic E-state index is 15.3. The minimum atomic E-state index is -4.76. The van der Waals surface area contributed by atoms with Crippen molar-refractivity contribution in [3.8, 4) is 28.0 Å². The largest absolute Gasteiger partial charge is 0.432 e. The van der Waals surface area contributed by atoms with E-state index < -0.39 is 69.4 Å². The lowest BCUT2D eigenvalue weighted by atomic mass is 9.77. The third-order valence-corrected chi connectivity index (χ3v) is 8.93. The van der Waals surface area contributed by atoms with Gasteiger partial charge >= 0.3 is 12.3 Å². The van der Waals surface area contributed by atoms with Crippen LogP contribution in [0.5, 0.6) is 5.75 Å². The average Bonchev–Trinajstić information content (AvgIpc) is 3.00. The fourth-order valence-corrected chi connectivity index (χ4v) is 6.40. The Morgan fingerprint density at radius 3 is 1.77 bits per heavy atom. The van der Waals surface area contributed by atoms with Crippen LogP contribution in [0.15, 0.2) is 66.7 Å². The Kier molecular flexibility index (Phi) is 10.5. The highest BCUT2D eigenvalue weighted by Crippen LogP contribution is 2.41. The minimum Gasteiger partial charge on any atom is -0.429 e. The summed E-state index contributed by atoms with van der Waals surface area (Å²) in [6.07, 6.45) is -0.748. The summed E-state index contributed by atoms with van der Waals surface area (Å²) >= 11 is 0. The predicted octanol–water partition coefficient (Wildman–Crippen LogP) is 12.7. The first-order valence-electron chi connectivity index (χ1n) is 15.7. The van der Waals surface area contributed by atoms with E-state index in [2.05, 4.69) is 11.7 Å². The SMILES string of the molecule is CCCCCC1CCC(c2ccc(-c3cc(F)c(-c4cc(F)c(C(F)(F)Oc5ccc(C(F)(F)F)cc5)c(F)c4)c(F)c3)c(F)c2)CC1. The van der Waals surface area contributed by atoms with Crippen molar-refractivity contribution in [2.75, 3.05) is 0 Å². The van der Waals surface area contributed by atoms with Crippen molar-refractivity contribution >= 4 is 0 Å². The van der Waals surface area contributed by atoms with E-state index in [0.717, 1.165) is 43.4 Å². The van der Waals surface area contributed by atoms with Crippen LogP contribution in [0.25, 0.3) is 22.3 Å². The summed E-state index contributed by atoms with van der Waals surface area (Å²) in [5.41, 5.74) is -4.26. The number of rotatable bonds is 10. The average molecular weight is 683 g/mol. The van der Waals surface area contributed by atoms with E-state index in [1.54, 1.807) is 6.07 Å². The molecule has 0 heterocycles. The third-order valence-electron chi connectivity index (χ3n) is 8.93. The normalized spacial score (nSPS) is 17.1. The van der Waals surface area contributed by atoms with Crippen LogP contribution in [0.1, 0.15) is 80.9 Å². The molecule has 0 aliphatic heterocycles. The second kappa shape index (κ2) is 14.2. The van der Waals surface area contributed by atoms with E-state index in [4.69, 9.17) is 0 Å². The molecule has 1 aliphatic rings. The fourth-order valence-electron chi connectivity index (χ4n) is 6.40. The van der Waals surface area contributed by atoms with Crippen molar-refractivity contribution < 1.29 is 48.6 Å². The van der Waals surface area contributed by atoms with Crippen LogP contribution in [-0.2, 0) is 12.3 Å². The van der Waals surface area contributed by atoms with Crippen molar-refractivity contribution in [3.05, 3.63) is 113 Å². The lowest BCUT2D eigenvalue weighted by Gasteiger charge is -2.29. The molecule has 48 heavy (non-hydrogen) atoms. The lowest BCUT2D eigenvalue weighted by Crippen LogP contribution is -2.25. The lowest BCUT2D eigenvalue weighted by molar-refractivity contribution is -0.189. The molecule has 0 saturated heterocycles. The maximum absolute atomic E-state index is 15.3. The van der Waals surface area contributed by atoms with Gasteiger partial charge in [-0.2, -0.15) is 22.0 Å². The highest BCUT2D eigenvalue weighted by molar-refractivity contribution is 5.72. The van der Waals surface area contributed by atoms with Crippen LogP contribution >= 0.6 is 0 Å². The first-order chi connectivity index (χ1) is 22.7. The summed E-state index contributed by atoms with van der Waals surface area (Å²) in [6.45, 7) is 2.16.